The van der Waals surface area contributed by atoms with Crippen molar-refractivity contribution in [2.45, 2.75) is 0 Å². The van der Waals surface area contributed by atoms with E-state index in [0.29, 0.717) is 10.2 Å². The molecular weight excluding hydrogens is 310 g/mol. The molecule has 0 unspecified atom stereocenters. The number of nitrogens with zero attached hydrogens (tertiary/aromatic N) is 2. The van der Waals surface area contributed by atoms with E-state index in [1.54, 1.807) is 12.3 Å². The highest BCUT2D eigenvalue weighted by Crippen LogP contribution is 2.21. The first kappa shape index (κ1) is 8.59. The van der Waals surface area contributed by atoms with Crippen LogP contribution < -0.4 is 0 Å². The normalized spacial score (nSPS) is 10.9. The van der Waals surface area contributed by atoms with Crippen molar-refractivity contribution in [3.05, 3.63) is 32.2 Å². The largest absolute Gasteiger partial charge is 0.292 e. The van der Waals surface area contributed by atoms with Crippen LogP contribution in [-0.2, 0) is 0 Å². The fourth-order valence-corrected chi connectivity index (χ4v) is 1.81. The molecule has 0 atom stereocenters. The smallest absolute Gasteiger partial charge is 0.161 e. The van der Waals surface area contributed by atoms with Gasteiger partial charge < -0.3 is 0 Å². The van der Waals surface area contributed by atoms with E-state index in [9.17, 15) is 0 Å². The van der Waals surface area contributed by atoms with Gasteiger partial charge in [0.2, 0.25) is 0 Å². The topological polar surface area (TPSA) is 17.3 Å². The van der Waals surface area contributed by atoms with Crippen LogP contribution in [0.2, 0.25) is 10.2 Å². The minimum absolute atomic E-state index is 0.512. The SMILES string of the molecule is Clc1ccc2nc(Cl)c(I)n2c1. The van der Waals surface area contributed by atoms with E-state index in [2.05, 4.69) is 27.6 Å². The molecule has 2 nitrogen and oxygen atoms in total. The highest BCUT2D eigenvalue weighted by molar-refractivity contribution is 14.1. The van der Waals surface area contributed by atoms with Gasteiger partial charge in [0.25, 0.3) is 0 Å². The van der Waals surface area contributed by atoms with Gasteiger partial charge in [0.1, 0.15) is 9.35 Å². The van der Waals surface area contributed by atoms with Crippen LogP contribution in [0, 0.1) is 3.70 Å². The van der Waals surface area contributed by atoms with Gasteiger partial charge in [-0.25, -0.2) is 4.98 Å². The Hall–Kier alpha value is -0.000000000000000111. The summed E-state index contributed by atoms with van der Waals surface area (Å²) < 4.78 is 2.73. The second-order valence-electron chi connectivity index (χ2n) is 2.27. The molecule has 62 valence electrons. The van der Waals surface area contributed by atoms with Crippen LogP contribution in [0.5, 0.6) is 0 Å². The van der Waals surface area contributed by atoms with Crippen LogP contribution in [0.15, 0.2) is 18.3 Å². The molecule has 0 saturated carbocycles. The molecule has 0 bridgehead atoms. The Kier molecular flexibility index (Phi) is 2.18. The predicted molar refractivity (Wildman–Crippen MR) is 57.9 cm³/mol. The van der Waals surface area contributed by atoms with E-state index in [-0.39, 0.29) is 0 Å². The maximum Gasteiger partial charge on any atom is 0.161 e. The van der Waals surface area contributed by atoms with Crippen molar-refractivity contribution in [3.8, 4) is 0 Å². The second kappa shape index (κ2) is 3.05. The highest BCUT2D eigenvalue weighted by Gasteiger charge is 2.06. The molecule has 0 aliphatic carbocycles. The quantitative estimate of drug-likeness (QED) is 0.683. The maximum absolute atomic E-state index is 5.82. The van der Waals surface area contributed by atoms with Crippen LogP contribution in [0.3, 0.4) is 0 Å². The van der Waals surface area contributed by atoms with E-state index in [0.717, 1.165) is 9.35 Å². The second-order valence-corrected chi connectivity index (χ2v) is 4.09. The zero-order valence-corrected chi connectivity index (χ0v) is 9.43. The summed E-state index contributed by atoms with van der Waals surface area (Å²) in [7, 11) is 0. The molecule has 2 aromatic rings. The van der Waals surface area contributed by atoms with E-state index < -0.39 is 0 Å². The molecule has 0 saturated heterocycles. The third kappa shape index (κ3) is 1.30. The van der Waals surface area contributed by atoms with Gasteiger partial charge in [-0.1, -0.05) is 23.2 Å². The number of hydrogen-bond donors (Lipinski definition) is 0. The summed E-state index contributed by atoms with van der Waals surface area (Å²) in [5, 5.41) is 1.19. The summed E-state index contributed by atoms with van der Waals surface area (Å²) in [6.07, 6.45) is 1.79. The first-order chi connectivity index (χ1) is 5.68. The lowest BCUT2D eigenvalue weighted by atomic mass is 10.5. The van der Waals surface area contributed by atoms with Crippen LogP contribution >= 0.6 is 45.8 Å². The number of imidazole rings is 1. The first-order valence-electron chi connectivity index (χ1n) is 3.17. The summed E-state index contributed by atoms with van der Waals surface area (Å²) >= 11 is 13.8. The zero-order chi connectivity index (χ0) is 8.72. The van der Waals surface area contributed by atoms with Crippen molar-refractivity contribution in [2.24, 2.45) is 0 Å². The lowest BCUT2D eigenvalue weighted by molar-refractivity contribution is 1.15. The number of rotatable bonds is 0. The summed E-state index contributed by atoms with van der Waals surface area (Å²) in [6.45, 7) is 0. The van der Waals surface area contributed by atoms with Crippen molar-refractivity contribution < 1.29 is 0 Å². The molecule has 0 amide bonds. The van der Waals surface area contributed by atoms with Crippen molar-refractivity contribution >= 4 is 51.4 Å². The Morgan fingerprint density at radius 3 is 2.83 bits per heavy atom. The molecule has 0 spiro atoms. The monoisotopic (exact) mass is 312 g/mol. The van der Waals surface area contributed by atoms with E-state index in [1.807, 2.05) is 10.5 Å². The fraction of sp³-hybridized carbons (Fsp3) is 0. The molecule has 0 N–H and O–H groups in total. The third-order valence-electron chi connectivity index (χ3n) is 1.49. The third-order valence-corrected chi connectivity index (χ3v) is 3.32. The standard InChI is InChI=1S/C7H3Cl2IN2/c8-4-1-2-5-11-6(9)7(10)12(5)3-4/h1-3H. The Morgan fingerprint density at radius 1 is 1.33 bits per heavy atom. The van der Waals surface area contributed by atoms with Crippen molar-refractivity contribution in [1.29, 1.82) is 0 Å². The van der Waals surface area contributed by atoms with Crippen molar-refractivity contribution in [2.75, 3.05) is 0 Å². The molecule has 2 aromatic heterocycles. The number of fused-ring (bicyclic) bond motifs is 1. The van der Waals surface area contributed by atoms with Crippen LogP contribution in [0.1, 0.15) is 0 Å². The molecule has 0 aromatic carbocycles. The number of halogens is 3. The Bertz CT molecular complexity index is 438. The Labute approximate surface area is 92.6 Å². The van der Waals surface area contributed by atoms with Crippen molar-refractivity contribution in [1.82, 2.24) is 9.38 Å². The number of hydrogen-bond acceptors (Lipinski definition) is 1. The summed E-state index contributed by atoms with van der Waals surface area (Å²) in [5.74, 6) is 0. The van der Waals surface area contributed by atoms with E-state index >= 15 is 0 Å². The lowest BCUT2D eigenvalue weighted by Gasteiger charge is -1.94. The Balaban J connectivity index is 2.88. The maximum atomic E-state index is 5.82. The van der Waals surface area contributed by atoms with Gasteiger partial charge in [0.05, 0.1) is 5.02 Å². The molecule has 12 heavy (non-hydrogen) atoms. The highest BCUT2D eigenvalue weighted by atomic mass is 127. The van der Waals surface area contributed by atoms with Gasteiger partial charge in [-0.15, -0.1) is 0 Å². The molecule has 2 heterocycles. The van der Waals surface area contributed by atoms with Crippen LogP contribution in [0.4, 0.5) is 0 Å². The molecular formula is C7H3Cl2IN2. The zero-order valence-electron chi connectivity index (χ0n) is 5.76. The van der Waals surface area contributed by atoms with Gasteiger partial charge >= 0.3 is 0 Å². The van der Waals surface area contributed by atoms with Gasteiger partial charge in [-0.05, 0) is 34.7 Å². The average molecular weight is 313 g/mol. The first-order valence-corrected chi connectivity index (χ1v) is 5.00. The summed E-state index contributed by atoms with van der Waals surface area (Å²) in [6, 6.07) is 3.62. The van der Waals surface area contributed by atoms with Gasteiger partial charge in [0, 0.05) is 6.20 Å². The van der Waals surface area contributed by atoms with Crippen molar-refractivity contribution in [3.63, 3.8) is 0 Å². The lowest BCUT2D eigenvalue weighted by Crippen LogP contribution is -1.85. The molecule has 0 fully saturated rings. The summed E-state index contributed by atoms with van der Waals surface area (Å²) in [4.78, 5) is 4.12. The molecule has 2 rings (SSSR count). The van der Waals surface area contributed by atoms with Crippen LogP contribution in [-0.4, -0.2) is 9.38 Å². The minimum Gasteiger partial charge on any atom is -0.292 e. The minimum atomic E-state index is 0.512. The van der Waals surface area contributed by atoms with Gasteiger partial charge in [-0.3, -0.25) is 4.40 Å². The average Bonchev–Trinajstić information content (AvgIpc) is 2.31. The fourth-order valence-electron chi connectivity index (χ4n) is 0.961. The summed E-state index contributed by atoms with van der Waals surface area (Å²) in [5.41, 5.74) is 0.814. The molecule has 5 heteroatoms. The Morgan fingerprint density at radius 2 is 2.08 bits per heavy atom. The van der Waals surface area contributed by atoms with E-state index in [4.69, 9.17) is 23.2 Å². The van der Waals surface area contributed by atoms with Crippen LogP contribution in [0.25, 0.3) is 5.65 Å². The van der Waals surface area contributed by atoms with Gasteiger partial charge in [0.15, 0.2) is 5.15 Å². The number of aromatic nitrogens is 2. The van der Waals surface area contributed by atoms with Gasteiger partial charge in [-0.2, -0.15) is 0 Å². The predicted octanol–water partition coefficient (Wildman–Crippen LogP) is 3.25. The van der Waals surface area contributed by atoms with E-state index in [1.165, 1.54) is 0 Å². The molecule has 0 radical (unpaired) electrons. The number of pyridine rings is 1. The molecule has 0 aliphatic rings. The molecule has 0 aliphatic heterocycles.